The third kappa shape index (κ3) is 2.58. The second-order valence-electron chi connectivity index (χ2n) is 4.35. The first kappa shape index (κ1) is 13.5. The number of imide groups is 1. The number of halogens is 1. The van der Waals surface area contributed by atoms with Crippen molar-refractivity contribution in [3.8, 4) is 5.75 Å². The fraction of sp³-hybridized carbons (Fsp3) is 0.385. The minimum absolute atomic E-state index is 0.0767. The maximum atomic E-state index is 14.0. The van der Waals surface area contributed by atoms with Crippen LogP contribution in [0.4, 0.5) is 4.39 Å². The van der Waals surface area contributed by atoms with Gasteiger partial charge in [0, 0.05) is 5.56 Å². The highest BCUT2D eigenvalue weighted by Crippen LogP contribution is 2.21. The monoisotopic (exact) mass is 266 g/mol. The van der Waals surface area contributed by atoms with Crippen LogP contribution in [0.5, 0.6) is 5.75 Å². The lowest BCUT2D eigenvalue weighted by atomic mass is 10.1. The molecule has 0 spiro atoms. The Labute approximate surface area is 110 Å². The van der Waals surface area contributed by atoms with Gasteiger partial charge in [0.15, 0.2) is 11.6 Å². The molecule has 19 heavy (non-hydrogen) atoms. The molecule has 6 heteroatoms. The number of carbonyl (C=O) groups excluding carboxylic acids is 2. The van der Waals surface area contributed by atoms with E-state index in [4.69, 9.17) is 4.74 Å². The second-order valence-corrected chi connectivity index (χ2v) is 4.35. The third-order valence-electron chi connectivity index (χ3n) is 3.09. The number of methoxy groups -OCH3 is 1. The van der Waals surface area contributed by atoms with Crippen LogP contribution in [0.2, 0.25) is 0 Å². The maximum absolute atomic E-state index is 14.0. The number of amides is 2. The molecular weight excluding hydrogens is 251 g/mol. The van der Waals surface area contributed by atoms with Gasteiger partial charge < -0.3 is 4.74 Å². The Morgan fingerprint density at radius 1 is 1.47 bits per heavy atom. The smallest absolute Gasteiger partial charge is 0.246 e. The summed E-state index contributed by atoms with van der Waals surface area (Å²) in [5.41, 5.74) is 0.259. The first-order chi connectivity index (χ1) is 9.04. The lowest BCUT2D eigenvalue weighted by Crippen LogP contribution is -2.56. The fourth-order valence-corrected chi connectivity index (χ4v) is 1.95. The van der Waals surface area contributed by atoms with Crippen LogP contribution in [0.3, 0.4) is 0 Å². The van der Waals surface area contributed by atoms with Crippen LogP contribution >= 0.6 is 0 Å². The summed E-state index contributed by atoms with van der Waals surface area (Å²) in [6, 6.07) is 4.21. The molecule has 1 fully saturated rings. The van der Waals surface area contributed by atoms with Crippen LogP contribution < -0.4 is 10.1 Å². The van der Waals surface area contributed by atoms with Gasteiger partial charge in [-0.25, -0.2) is 4.39 Å². The maximum Gasteiger partial charge on any atom is 0.246 e. The Hall–Kier alpha value is -1.95. The molecule has 1 aromatic rings. The summed E-state index contributed by atoms with van der Waals surface area (Å²) in [5, 5.41) is 2.78. The number of nitrogens with one attached hydrogen (secondary N) is 1. The van der Waals surface area contributed by atoms with E-state index in [1.54, 1.807) is 13.0 Å². The lowest BCUT2D eigenvalue weighted by Gasteiger charge is -2.29. The van der Waals surface area contributed by atoms with Crippen molar-refractivity contribution < 1.29 is 18.7 Å². The highest BCUT2D eigenvalue weighted by atomic mass is 19.1. The summed E-state index contributed by atoms with van der Waals surface area (Å²) in [5.74, 6) is -1.15. The summed E-state index contributed by atoms with van der Waals surface area (Å²) >= 11 is 0. The Morgan fingerprint density at radius 2 is 2.21 bits per heavy atom. The molecule has 1 aliphatic heterocycles. The van der Waals surface area contributed by atoms with E-state index in [-0.39, 0.29) is 36.2 Å². The van der Waals surface area contributed by atoms with E-state index in [2.05, 4.69) is 5.32 Å². The molecule has 2 amide bonds. The lowest BCUT2D eigenvalue weighted by molar-refractivity contribution is -0.149. The molecule has 5 nitrogen and oxygen atoms in total. The SMILES string of the molecule is COc1cccc(CN2C(=O)CNC(C)C2=O)c1F. The van der Waals surface area contributed by atoms with Crippen LogP contribution in [-0.2, 0) is 16.1 Å². The van der Waals surface area contributed by atoms with Gasteiger partial charge in [-0.05, 0) is 13.0 Å². The third-order valence-corrected chi connectivity index (χ3v) is 3.09. The van der Waals surface area contributed by atoms with E-state index >= 15 is 0 Å². The molecule has 1 saturated heterocycles. The predicted octanol–water partition coefficient (Wildman–Crippen LogP) is 0.681. The number of nitrogens with zero attached hydrogens (tertiary/aromatic N) is 1. The second kappa shape index (κ2) is 5.36. The molecule has 0 bridgehead atoms. The minimum Gasteiger partial charge on any atom is -0.494 e. The van der Waals surface area contributed by atoms with Gasteiger partial charge in [0.05, 0.1) is 26.2 Å². The van der Waals surface area contributed by atoms with E-state index in [0.29, 0.717) is 0 Å². The number of piperazine rings is 1. The average molecular weight is 266 g/mol. The number of rotatable bonds is 3. The van der Waals surface area contributed by atoms with Crippen molar-refractivity contribution in [1.29, 1.82) is 0 Å². The Morgan fingerprint density at radius 3 is 2.89 bits per heavy atom. The summed E-state index contributed by atoms with van der Waals surface area (Å²) in [7, 11) is 1.37. The van der Waals surface area contributed by atoms with E-state index in [1.165, 1.54) is 19.2 Å². The number of ether oxygens (including phenoxy) is 1. The van der Waals surface area contributed by atoms with Crippen LogP contribution in [0.25, 0.3) is 0 Å². The molecule has 1 heterocycles. The molecule has 0 aromatic heterocycles. The molecule has 0 aliphatic carbocycles. The fourth-order valence-electron chi connectivity index (χ4n) is 1.95. The molecular formula is C13H15FN2O3. The van der Waals surface area contributed by atoms with Crippen LogP contribution in [0.15, 0.2) is 18.2 Å². The molecule has 1 aliphatic rings. The minimum atomic E-state index is -0.545. The van der Waals surface area contributed by atoms with Gasteiger partial charge in [0.1, 0.15) is 0 Å². The normalized spacial score (nSPS) is 19.7. The van der Waals surface area contributed by atoms with Crippen molar-refractivity contribution in [1.82, 2.24) is 10.2 Å². The van der Waals surface area contributed by atoms with Crippen LogP contribution in [-0.4, -0.2) is 36.4 Å². The number of hydrogen-bond acceptors (Lipinski definition) is 4. The number of benzene rings is 1. The quantitative estimate of drug-likeness (QED) is 0.817. The molecule has 1 unspecified atom stereocenters. The topological polar surface area (TPSA) is 58.6 Å². The summed E-state index contributed by atoms with van der Waals surface area (Å²) < 4.78 is 18.9. The summed E-state index contributed by atoms with van der Waals surface area (Å²) in [4.78, 5) is 24.7. The van der Waals surface area contributed by atoms with Crippen molar-refractivity contribution >= 4 is 11.8 Å². The first-order valence-corrected chi connectivity index (χ1v) is 5.93. The zero-order chi connectivity index (χ0) is 14.0. The Balaban J connectivity index is 2.25. The summed E-state index contributed by atoms with van der Waals surface area (Å²) in [6.07, 6.45) is 0. The Bertz CT molecular complexity index is 519. The van der Waals surface area contributed by atoms with E-state index in [9.17, 15) is 14.0 Å². The van der Waals surface area contributed by atoms with Crippen molar-refractivity contribution in [3.63, 3.8) is 0 Å². The number of carbonyl (C=O) groups is 2. The van der Waals surface area contributed by atoms with Crippen molar-refractivity contribution in [2.45, 2.75) is 19.5 Å². The van der Waals surface area contributed by atoms with E-state index in [0.717, 1.165) is 4.90 Å². The van der Waals surface area contributed by atoms with Gasteiger partial charge in [-0.1, -0.05) is 12.1 Å². The van der Waals surface area contributed by atoms with Gasteiger partial charge in [-0.15, -0.1) is 0 Å². The summed E-state index contributed by atoms with van der Waals surface area (Å²) in [6.45, 7) is 1.68. The van der Waals surface area contributed by atoms with Gasteiger partial charge in [0.2, 0.25) is 11.8 Å². The molecule has 1 N–H and O–H groups in total. The number of hydrogen-bond donors (Lipinski definition) is 1. The van der Waals surface area contributed by atoms with Gasteiger partial charge in [-0.3, -0.25) is 19.8 Å². The first-order valence-electron chi connectivity index (χ1n) is 5.93. The average Bonchev–Trinajstić information content (AvgIpc) is 2.41. The Kier molecular flexibility index (Phi) is 3.80. The van der Waals surface area contributed by atoms with E-state index < -0.39 is 11.9 Å². The van der Waals surface area contributed by atoms with Crippen molar-refractivity contribution in [3.05, 3.63) is 29.6 Å². The molecule has 102 valence electrons. The van der Waals surface area contributed by atoms with Gasteiger partial charge in [-0.2, -0.15) is 0 Å². The van der Waals surface area contributed by atoms with Crippen molar-refractivity contribution in [2.24, 2.45) is 0 Å². The van der Waals surface area contributed by atoms with Crippen LogP contribution in [0, 0.1) is 5.82 Å². The molecule has 1 aromatic carbocycles. The van der Waals surface area contributed by atoms with Gasteiger partial charge in [0.25, 0.3) is 0 Å². The zero-order valence-corrected chi connectivity index (χ0v) is 10.8. The molecule has 2 rings (SSSR count). The van der Waals surface area contributed by atoms with Crippen molar-refractivity contribution in [2.75, 3.05) is 13.7 Å². The van der Waals surface area contributed by atoms with Crippen LogP contribution in [0.1, 0.15) is 12.5 Å². The standard InChI is InChI=1S/C13H15FN2O3/c1-8-13(18)16(11(17)6-15-8)7-9-4-3-5-10(19-2)12(9)14/h3-5,8,15H,6-7H2,1-2H3. The van der Waals surface area contributed by atoms with E-state index in [1.807, 2.05) is 0 Å². The zero-order valence-electron chi connectivity index (χ0n) is 10.8. The predicted molar refractivity (Wildman–Crippen MR) is 66.0 cm³/mol. The molecule has 0 radical (unpaired) electrons. The highest BCUT2D eigenvalue weighted by molar-refractivity contribution is 6.00. The van der Waals surface area contributed by atoms with Gasteiger partial charge >= 0.3 is 0 Å². The molecule has 1 atom stereocenters. The highest BCUT2D eigenvalue weighted by Gasteiger charge is 2.31. The molecule has 0 saturated carbocycles. The largest absolute Gasteiger partial charge is 0.494 e.